The van der Waals surface area contributed by atoms with Crippen LogP contribution in [0.1, 0.15) is 47.0 Å². The molecule has 0 spiro atoms. The van der Waals surface area contributed by atoms with Gasteiger partial charge in [0.25, 0.3) is 0 Å². The number of hydrogen-bond donors (Lipinski definition) is 2. The molecule has 0 saturated carbocycles. The summed E-state index contributed by atoms with van der Waals surface area (Å²) in [5.74, 6) is 0. The Hall–Kier alpha value is -0.120. The summed E-state index contributed by atoms with van der Waals surface area (Å²) in [6.45, 7) is 11.6. The highest BCUT2D eigenvalue weighted by atomic mass is 16.5. The van der Waals surface area contributed by atoms with Gasteiger partial charge in [-0.2, -0.15) is 0 Å². The van der Waals surface area contributed by atoms with Crippen LogP contribution in [0, 0.1) is 5.41 Å². The van der Waals surface area contributed by atoms with Crippen LogP contribution in [0.3, 0.4) is 0 Å². The van der Waals surface area contributed by atoms with Crippen LogP contribution < -0.4 is 5.32 Å². The van der Waals surface area contributed by atoms with Gasteiger partial charge in [0.15, 0.2) is 0 Å². The van der Waals surface area contributed by atoms with E-state index in [1.165, 1.54) is 0 Å². The molecule has 0 aliphatic carbocycles. The summed E-state index contributed by atoms with van der Waals surface area (Å²) in [5, 5.41) is 12.8. The molecule has 0 bridgehead atoms. The number of ether oxygens (including phenoxy) is 1. The first-order chi connectivity index (χ1) is 7.45. The van der Waals surface area contributed by atoms with Gasteiger partial charge in [0, 0.05) is 13.2 Å². The molecule has 0 rings (SSSR count). The van der Waals surface area contributed by atoms with Gasteiger partial charge < -0.3 is 15.2 Å². The highest BCUT2D eigenvalue weighted by molar-refractivity contribution is 4.65. The average Bonchev–Trinajstić information content (AvgIpc) is 2.18. The Labute approximate surface area is 101 Å². The zero-order valence-electron chi connectivity index (χ0n) is 11.4. The van der Waals surface area contributed by atoms with Crippen LogP contribution in [0.5, 0.6) is 0 Å². The number of rotatable bonds is 9. The number of unbranched alkanes of at least 4 members (excludes halogenated alkanes) is 1. The molecule has 1 unspecified atom stereocenters. The summed E-state index contributed by atoms with van der Waals surface area (Å²) < 4.78 is 5.34. The number of aliphatic hydroxyl groups is 1. The number of aliphatic hydroxyl groups excluding tert-OH is 1. The summed E-state index contributed by atoms with van der Waals surface area (Å²) >= 11 is 0. The molecule has 16 heavy (non-hydrogen) atoms. The molecule has 0 saturated heterocycles. The van der Waals surface area contributed by atoms with Crippen molar-refractivity contribution in [3.8, 4) is 0 Å². The first kappa shape index (κ1) is 15.9. The Balaban J connectivity index is 3.27. The molecule has 0 aromatic heterocycles. The first-order valence-electron chi connectivity index (χ1n) is 6.42. The molecule has 0 aliphatic rings. The van der Waals surface area contributed by atoms with Crippen LogP contribution in [0.15, 0.2) is 0 Å². The second kappa shape index (κ2) is 8.97. The molecule has 0 radical (unpaired) electrons. The van der Waals surface area contributed by atoms with E-state index in [9.17, 15) is 5.11 Å². The molecule has 0 fully saturated rings. The van der Waals surface area contributed by atoms with Crippen molar-refractivity contribution in [2.45, 2.75) is 53.1 Å². The van der Waals surface area contributed by atoms with Gasteiger partial charge in [-0.3, -0.25) is 0 Å². The van der Waals surface area contributed by atoms with E-state index < -0.39 is 0 Å². The molecule has 0 heterocycles. The maximum Gasteiger partial charge on any atom is 0.0897 e. The summed E-state index contributed by atoms with van der Waals surface area (Å²) in [6.07, 6.45) is 2.96. The molecule has 0 aromatic carbocycles. The van der Waals surface area contributed by atoms with E-state index in [1.54, 1.807) is 0 Å². The minimum atomic E-state index is -0.378. The molecular weight excluding hydrogens is 202 g/mol. The molecule has 1 atom stereocenters. The summed E-state index contributed by atoms with van der Waals surface area (Å²) in [5.41, 5.74) is 0.357. The molecule has 0 aliphatic heterocycles. The van der Waals surface area contributed by atoms with Gasteiger partial charge in [-0.1, -0.05) is 34.1 Å². The normalized spacial score (nSPS) is 14.1. The standard InChI is InChI=1S/C13H29NO2/c1-5-6-9-16-11-12(15)10-14-8-7-13(2,3)4/h12,14-15H,5-11H2,1-4H3. The van der Waals surface area contributed by atoms with Crippen LogP contribution >= 0.6 is 0 Å². The minimum absolute atomic E-state index is 0.357. The lowest BCUT2D eigenvalue weighted by Crippen LogP contribution is -2.32. The Morgan fingerprint density at radius 3 is 2.56 bits per heavy atom. The Kier molecular flexibility index (Phi) is 8.90. The smallest absolute Gasteiger partial charge is 0.0897 e. The van der Waals surface area contributed by atoms with Crippen LogP contribution in [-0.4, -0.2) is 37.5 Å². The third kappa shape index (κ3) is 12.0. The van der Waals surface area contributed by atoms with E-state index >= 15 is 0 Å². The predicted molar refractivity (Wildman–Crippen MR) is 68.7 cm³/mol. The quantitative estimate of drug-likeness (QED) is 0.598. The van der Waals surface area contributed by atoms with Crippen molar-refractivity contribution < 1.29 is 9.84 Å². The second-order valence-electron chi connectivity index (χ2n) is 5.60. The molecular formula is C13H29NO2. The highest BCUT2D eigenvalue weighted by Gasteiger charge is 2.09. The van der Waals surface area contributed by atoms with Gasteiger partial charge in [-0.15, -0.1) is 0 Å². The Morgan fingerprint density at radius 1 is 1.31 bits per heavy atom. The molecule has 0 aromatic rings. The SMILES string of the molecule is CCCCOCC(O)CNCCC(C)(C)C. The summed E-state index contributed by atoms with van der Waals surface area (Å²) in [7, 11) is 0. The monoisotopic (exact) mass is 231 g/mol. The van der Waals surface area contributed by atoms with E-state index in [-0.39, 0.29) is 6.10 Å². The van der Waals surface area contributed by atoms with Gasteiger partial charge >= 0.3 is 0 Å². The lowest BCUT2D eigenvalue weighted by atomic mass is 9.92. The molecule has 2 N–H and O–H groups in total. The van der Waals surface area contributed by atoms with E-state index in [2.05, 4.69) is 33.0 Å². The van der Waals surface area contributed by atoms with Crippen molar-refractivity contribution in [1.82, 2.24) is 5.32 Å². The summed E-state index contributed by atoms with van der Waals surface area (Å²) in [4.78, 5) is 0. The second-order valence-corrected chi connectivity index (χ2v) is 5.60. The van der Waals surface area contributed by atoms with Crippen LogP contribution in [0.4, 0.5) is 0 Å². The van der Waals surface area contributed by atoms with Gasteiger partial charge in [0.05, 0.1) is 12.7 Å². The van der Waals surface area contributed by atoms with Crippen molar-refractivity contribution in [1.29, 1.82) is 0 Å². The van der Waals surface area contributed by atoms with Crippen LogP contribution in [0.2, 0.25) is 0 Å². The van der Waals surface area contributed by atoms with E-state index in [0.29, 0.717) is 18.6 Å². The van der Waals surface area contributed by atoms with Crippen molar-refractivity contribution in [3.63, 3.8) is 0 Å². The number of nitrogens with one attached hydrogen (secondary N) is 1. The lowest BCUT2D eigenvalue weighted by Gasteiger charge is -2.19. The zero-order chi connectivity index (χ0) is 12.4. The molecule has 0 amide bonds. The van der Waals surface area contributed by atoms with Crippen LogP contribution in [0.25, 0.3) is 0 Å². The fraction of sp³-hybridized carbons (Fsp3) is 1.00. The molecule has 3 nitrogen and oxygen atoms in total. The Bertz CT molecular complexity index is 155. The Morgan fingerprint density at radius 2 is 2.00 bits per heavy atom. The van der Waals surface area contributed by atoms with Gasteiger partial charge in [0.1, 0.15) is 0 Å². The lowest BCUT2D eigenvalue weighted by molar-refractivity contribution is 0.0357. The number of hydrogen-bond acceptors (Lipinski definition) is 3. The topological polar surface area (TPSA) is 41.5 Å². The average molecular weight is 231 g/mol. The van der Waals surface area contributed by atoms with Crippen molar-refractivity contribution in [2.24, 2.45) is 5.41 Å². The van der Waals surface area contributed by atoms with E-state index in [1.807, 2.05) is 0 Å². The fourth-order valence-corrected chi connectivity index (χ4v) is 1.26. The largest absolute Gasteiger partial charge is 0.389 e. The van der Waals surface area contributed by atoms with Crippen molar-refractivity contribution in [3.05, 3.63) is 0 Å². The zero-order valence-corrected chi connectivity index (χ0v) is 11.4. The predicted octanol–water partition coefficient (Wildman–Crippen LogP) is 2.19. The van der Waals surface area contributed by atoms with Crippen molar-refractivity contribution in [2.75, 3.05) is 26.3 Å². The van der Waals surface area contributed by atoms with Crippen molar-refractivity contribution >= 4 is 0 Å². The van der Waals surface area contributed by atoms with Gasteiger partial charge in [-0.25, -0.2) is 0 Å². The van der Waals surface area contributed by atoms with Crippen LogP contribution in [-0.2, 0) is 4.74 Å². The van der Waals surface area contributed by atoms with E-state index in [4.69, 9.17) is 4.74 Å². The fourth-order valence-electron chi connectivity index (χ4n) is 1.26. The highest BCUT2D eigenvalue weighted by Crippen LogP contribution is 2.16. The maximum absolute atomic E-state index is 9.59. The maximum atomic E-state index is 9.59. The van der Waals surface area contributed by atoms with E-state index in [0.717, 1.165) is 32.4 Å². The van der Waals surface area contributed by atoms with Gasteiger partial charge in [-0.05, 0) is 24.8 Å². The summed E-state index contributed by atoms with van der Waals surface area (Å²) in [6, 6.07) is 0. The third-order valence-electron chi connectivity index (χ3n) is 2.38. The molecule has 3 heteroatoms. The first-order valence-corrected chi connectivity index (χ1v) is 6.42. The molecule has 98 valence electrons. The van der Waals surface area contributed by atoms with Gasteiger partial charge in [0.2, 0.25) is 0 Å². The minimum Gasteiger partial charge on any atom is -0.389 e. The third-order valence-corrected chi connectivity index (χ3v) is 2.38.